The molecule has 0 saturated carbocycles. The summed E-state index contributed by atoms with van der Waals surface area (Å²) in [6.45, 7) is 4.25. The third kappa shape index (κ3) is 3.73. The summed E-state index contributed by atoms with van der Waals surface area (Å²) in [5, 5.41) is 14.5. The van der Waals surface area contributed by atoms with Crippen LogP contribution in [0.5, 0.6) is 5.75 Å². The molecule has 1 atom stereocenters. The number of hydrogen-bond acceptors (Lipinski definition) is 6. The predicted molar refractivity (Wildman–Crippen MR) is 112 cm³/mol. The highest BCUT2D eigenvalue weighted by molar-refractivity contribution is 5.88. The summed E-state index contributed by atoms with van der Waals surface area (Å²) in [6, 6.07) is 12.1. The van der Waals surface area contributed by atoms with Crippen molar-refractivity contribution in [2.75, 3.05) is 30.4 Å². The predicted octanol–water partition coefficient (Wildman–Crippen LogP) is 3.52. The van der Waals surface area contributed by atoms with Crippen LogP contribution in [0.15, 0.2) is 42.6 Å². The van der Waals surface area contributed by atoms with E-state index in [1.54, 1.807) is 7.11 Å². The number of benzene rings is 1. The van der Waals surface area contributed by atoms with Crippen molar-refractivity contribution in [2.45, 2.75) is 32.4 Å². The molecule has 0 radical (unpaired) electrons. The molecule has 0 amide bonds. The molecule has 3 aromatic rings. The van der Waals surface area contributed by atoms with E-state index in [4.69, 9.17) is 9.72 Å². The van der Waals surface area contributed by atoms with Gasteiger partial charge in [-0.2, -0.15) is 0 Å². The molecule has 146 valence electrons. The SMILES string of the molecule is COc1cccc2c(C)cc(NCc3cccnc3N3CCC[C@@H](O)C3)nc12. The van der Waals surface area contributed by atoms with Crippen molar-refractivity contribution in [3.8, 4) is 5.75 Å². The Morgan fingerprint density at radius 3 is 3.00 bits per heavy atom. The van der Waals surface area contributed by atoms with E-state index in [0.717, 1.165) is 58.8 Å². The number of aromatic nitrogens is 2. The normalized spacial score (nSPS) is 17.0. The number of nitrogens with one attached hydrogen (secondary N) is 1. The lowest BCUT2D eigenvalue weighted by Gasteiger charge is -2.32. The first kappa shape index (κ1) is 18.5. The molecule has 1 aromatic carbocycles. The first-order chi connectivity index (χ1) is 13.7. The summed E-state index contributed by atoms with van der Waals surface area (Å²) in [5.74, 6) is 2.51. The second kappa shape index (κ2) is 8.02. The van der Waals surface area contributed by atoms with Crippen LogP contribution < -0.4 is 15.0 Å². The summed E-state index contributed by atoms with van der Waals surface area (Å²) in [4.78, 5) is 11.5. The van der Waals surface area contributed by atoms with Crippen LogP contribution in [-0.4, -0.2) is 41.4 Å². The van der Waals surface area contributed by atoms with Crippen LogP contribution in [0.25, 0.3) is 10.9 Å². The van der Waals surface area contributed by atoms with E-state index < -0.39 is 0 Å². The highest BCUT2D eigenvalue weighted by Gasteiger charge is 2.20. The molecule has 0 bridgehead atoms. The maximum Gasteiger partial charge on any atom is 0.145 e. The molecule has 1 aliphatic heterocycles. The summed E-state index contributed by atoms with van der Waals surface area (Å²) < 4.78 is 5.48. The minimum atomic E-state index is -0.283. The van der Waals surface area contributed by atoms with Gasteiger partial charge < -0.3 is 20.1 Å². The summed E-state index contributed by atoms with van der Waals surface area (Å²) in [7, 11) is 1.67. The zero-order chi connectivity index (χ0) is 19.5. The zero-order valence-electron chi connectivity index (χ0n) is 16.4. The molecule has 1 saturated heterocycles. The Morgan fingerprint density at radius 1 is 1.29 bits per heavy atom. The molecule has 0 spiro atoms. The molecular formula is C22H26N4O2. The number of ether oxygens (including phenoxy) is 1. The fourth-order valence-electron chi connectivity index (χ4n) is 3.83. The van der Waals surface area contributed by atoms with Crippen LogP contribution in [0.3, 0.4) is 0 Å². The van der Waals surface area contributed by atoms with E-state index in [-0.39, 0.29) is 6.10 Å². The number of methoxy groups -OCH3 is 1. The number of anilines is 2. The number of hydrogen-bond donors (Lipinski definition) is 2. The number of aliphatic hydroxyl groups excluding tert-OH is 1. The number of β-amino-alcohol motifs (C(OH)–C–C–N with tert-alkyl or cyclic N) is 1. The Hall–Kier alpha value is -2.86. The number of aryl methyl sites for hydroxylation is 1. The minimum Gasteiger partial charge on any atom is -0.494 e. The fourth-order valence-corrected chi connectivity index (χ4v) is 3.83. The van der Waals surface area contributed by atoms with Crippen molar-refractivity contribution in [1.82, 2.24) is 9.97 Å². The van der Waals surface area contributed by atoms with Gasteiger partial charge in [0.2, 0.25) is 0 Å². The second-order valence-corrected chi connectivity index (χ2v) is 7.26. The molecule has 0 aliphatic carbocycles. The fraction of sp³-hybridized carbons (Fsp3) is 0.364. The van der Waals surface area contributed by atoms with Gasteiger partial charge in [-0.05, 0) is 43.5 Å². The first-order valence-corrected chi connectivity index (χ1v) is 9.71. The van der Waals surface area contributed by atoms with Gasteiger partial charge in [0.25, 0.3) is 0 Å². The number of aliphatic hydroxyl groups is 1. The van der Waals surface area contributed by atoms with Crippen molar-refractivity contribution in [3.63, 3.8) is 0 Å². The second-order valence-electron chi connectivity index (χ2n) is 7.26. The maximum atomic E-state index is 10.0. The van der Waals surface area contributed by atoms with Crippen LogP contribution in [0.1, 0.15) is 24.0 Å². The van der Waals surface area contributed by atoms with Gasteiger partial charge >= 0.3 is 0 Å². The van der Waals surface area contributed by atoms with Gasteiger partial charge in [-0.25, -0.2) is 9.97 Å². The molecule has 6 nitrogen and oxygen atoms in total. The van der Waals surface area contributed by atoms with Crippen LogP contribution in [0, 0.1) is 6.92 Å². The zero-order valence-corrected chi connectivity index (χ0v) is 16.4. The van der Waals surface area contributed by atoms with Crippen LogP contribution in [-0.2, 0) is 6.54 Å². The van der Waals surface area contributed by atoms with Crippen LogP contribution in [0.4, 0.5) is 11.6 Å². The summed E-state index contributed by atoms with van der Waals surface area (Å²) in [5.41, 5.74) is 3.10. The molecule has 0 unspecified atom stereocenters. The number of fused-ring (bicyclic) bond motifs is 1. The quantitative estimate of drug-likeness (QED) is 0.708. The van der Waals surface area contributed by atoms with Gasteiger partial charge in [0.15, 0.2) is 0 Å². The molecule has 2 N–H and O–H groups in total. The molecule has 28 heavy (non-hydrogen) atoms. The van der Waals surface area contributed by atoms with E-state index in [0.29, 0.717) is 13.1 Å². The topological polar surface area (TPSA) is 70.5 Å². The van der Waals surface area contributed by atoms with E-state index in [1.165, 1.54) is 0 Å². The highest BCUT2D eigenvalue weighted by atomic mass is 16.5. The minimum absolute atomic E-state index is 0.283. The third-order valence-corrected chi connectivity index (χ3v) is 5.25. The van der Waals surface area contributed by atoms with E-state index in [2.05, 4.69) is 40.3 Å². The molecule has 3 heterocycles. The number of nitrogens with zero attached hydrogens (tertiary/aromatic N) is 3. The Balaban J connectivity index is 1.58. The summed E-state index contributed by atoms with van der Waals surface area (Å²) >= 11 is 0. The Kier molecular flexibility index (Phi) is 5.30. The lowest BCUT2D eigenvalue weighted by Crippen LogP contribution is -2.39. The van der Waals surface area contributed by atoms with Gasteiger partial charge in [-0.15, -0.1) is 0 Å². The third-order valence-electron chi connectivity index (χ3n) is 5.25. The highest BCUT2D eigenvalue weighted by Crippen LogP contribution is 2.28. The van der Waals surface area contributed by atoms with E-state index in [9.17, 15) is 5.11 Å². The molecule has 4 rings (SSSR count). The van der Waals surface area contributed by atoms with Gasteiger partial charge in [0.1, 0.15) is 22.9 Å². The number of para-hydroxylation sites is 1. The number of pyridine rings is 2. The van der Waals surface area contributed by atoms with Gasteiger partial charge in [-0.1, -0.05) is 18.2 Å². The Bertz CT molecular complexity index is 976. The molecular weight excluding hydrogens is 352 g/mol. The lowest BCUT2D eigenvalue weighted by atomic mass is 10.1. The Labute approximate surface area is 165 Å². The van der Waals surface area contributed by atoms with Crippen molar-refractivity contribution in [1.29, 1.82) is 0 Å². The maximum absolute atomic E-state index is 10.0. The van der Waals surface area contributed by atoms with Gasteiger partial charge in [0, 0.05) is 36.8 Å². The summed E-state index contributed by atoms with van der Waals surface area (Å²) in [6.07, 6.45) is 3.37. The lowest BCUT2D eigenvalue weighted by molar-refractivity contribution is 0.154. The largest absolute Gasteiger partial charge is 0.494 e. The smallest absolute Gasteiger partial charge is 0.145 e. The van der Waals surface area contributed by atoms with Crippen molar-refractivity contribution in [3.05, 3.63) is 53.7 Å². The number of piperidine rings is 1. The van der Waals surface area contributed by atoms with Crippen molar-refractivity contribution in [2.24, 2.45) is 0 Å². The van der Waals surface area contributed by atoms with Crippen LogP contribution >= 0.6 is 0 Å². The van der Waals surface area contributed by atoms with Crippen molar-refractivity contribution >= 4 is 22.5 Å². The molecule has 1 fully saturated rings. The number of rotatable bonds is 5. The van der Waals surface area contributed by atoms with Gasteiger partial charge in [-0.3, -0.25) is 0 Å². The first-order valence-electron chi connectivity index (χ1n) is 9.71. The molecule has 1 aliphatic rings. The Morgan fingerprint density at radius 2 is 2.18 bits per heavy atom. The van der Waals surface area contributed by atoms with E-state index in [1.807, 2.05) is 24.4 Å². The monoisotopic (exact) mass is 378 g/mol. The average molecular weight is 378 g/mol. The molecule has 6 heteroatoms. The van der Waals surface area contributed by atoms with E-state index >= 15 is 0 Å². The average Bonchev–Trinajstić information content (AvgIpc) is 2.72. The van der Waals surface area contributed by atoms with Crippen molar-refractivity contribution < 1.29 is 9.84 Å². The molecule has 2 aromatic heterocycles. The standard InChI is InChI=1S/C22H26N4O2/c1-15-12-20(25-21-18(15)8-3-9-19(21)28-2)24-13-16-6-4-10-23-22(16)26-11-5-7-17(27)14-26/h3-4,6,8-10,12,17,27H,5,7,11,13-14H2,1-2H3,(H,24,25)/t17-/m1/s1. The van der Waals surface area contributed by atoms with Gasteiger partial charge in [0.05, 0.1) is 13.2 Å². The van der Waals surface area contributed by atoms with Crippen LogP contribution in [0.2, 0.25) is 0 Å².